The van der Waals surface area contributed by atoms with Crippen LogP contribution in [0.15, 0.2) is 54.6 Å². The number of aryl methyl sites for hydroxylation is 2. The lowest BCUT2D eigenvalue weighted by Crippen LogP contribution is -1.81. The minimum absolute atomic E-state index is 0.994. The van der Waals surface area contributed by atoms with Gasteiger partial charge in [-0.2, -0.15) is 0 Å². The fourth-order valence-electron chi connectivity index (χ4n) is 1.73. The molecule has 0 saturated carbocycles. The van der Waals surface area contributed by atoms with Crippen LogP contribution in [0.5, 0.6) is 0 Å². The maximum absolute atomic E-state index is 2.22. The Kier molecular flexibility index (Phi) is 3.77. The van der Waals surface area contributed by atoms with E-state index in [-0.39, 0.29) is 0 Å². The molecule has 0 fully saturated rings. The molecule has 0 saturated heterocycles. The van der Waals surface area contributed by atoms with Gasteiger partial charge in [0.15, 0.2) is 0 Å². The Bertz CT molecular complexity index is 487. The number of rotatable bonds is 3. The predicted molar refractivity (Wildman–Crippen MR) is 75.1 cm³/mol. The smallest absolute Gasteiger partial charge is 0.00941 e. The van der Waals surface area contributed by atoms with E-state index in [0.717, 1.165) is 6.42 Å². The number of benzene rings is 2. The van der Waals surface area contributed by atoms with Crippen LogP contribution in [0, 0.1) is 13.8 Å². The molecule has 0 atom stereocenters. The van der Waals surface area contributed by atoms with Gasteiger partial charge >= 0.3 is 0 Å². The zero-order valence-corrected chi connectivity index (χ0v) is 10.5. The zero-order chi connectivity index (χ0) is 12.1. The molecule has 0 aliphatic carbocycles. The molecular formula is C17H18. The normalized spacial score (nSPS) is 10.9. The van der Waals surface area contributed by atoms with Crippen molar-refractivity contribution in [3.8, 4) is 0 Å². The van der Waals surface area contributed by atoms with E-state index in [2.05, 4.69) is 74.5 Å². The number of hydrogen-bond acceptors (Lipinski definition) is 0. The molecule has 2 aromatic carbocycles. The van der Waals surface area contributed by atoms with Crippen LogP contribution in [0.25, 0.3) is 6.08 Å². The summed E-state index contributed by atoms with van der Waals surface area (Å²) in [4.78, 5) is 0. The molecule has 0 radical (unpaired) electrons. The van der Waals surface area contributed by atoms with Crippen molar-refractivity contribution in [3.05, 3.63) is 76.9 Å². The fraction of sp³-hybridized carbons (Fsp3) is 0.176. The summed E-state index contributed by atoms with van der Waals surface area (Å²) in [7, 11) is 0. The lowest BCUT2D eigenvalue weighted by molar-refractivity contribution is 1.26. The third kappa shape index (κ3) is 3.60. The van der Waals surface area contributed by atoms with Gasteiger partial charge in [-0.1, -0.05) is 71.8 Å². The van der Waals surface area contributed by atoms with Crippen molar-refractivity contribution in [3.63, 3.8) is 0 Å². The summed E-state index contributed by atoms with van der Waals surface area (Å²) in [6.07, 6.45) is 5.39. The quantitative estimate of drug-likeness (QED) is 0.714. The van der Waals surface area contributed by atoms with Crippen molar-refractivity contribution >= 4 is 6.08 Å². The predicted octanol–water partition coefficient (Wildman–Crippen LogP) is 4.56. The van der Waals surface area contributed by atoms with E-state index >= 15 is 0 Å². The van der Waals surface area contributed by atoms with E-state index < -0.39 is 0 Å². The first-order valence-corrected chi connectivity index (χ1v) is 6.03. The minimum atomic E-state index is 0.994. The van der Waals surface area contributed by atoms with Gasteiger partial charge in [0.05, 0.1) is 0 Å². The summed E-state index contributed by atoms with van der Waals surface area (Å²) in [5.41, 5.74) is 5.25. The number of allylic oxidation sites excluding steroid dienone is 1. The highest BCUT2D eigenvalue weighted by Crippen LogP contribution is 2.08. The van der Waals surface area contributed by atoms with E-state index in [9.17, 15) is 0 Å². The molecule has 0 bridgehead atoms. The van der Waals surface area contributed by atoms with Crippen molar-refractivity contribution in [2.45, 2.75) is 20.3 Å². The van der Waals surface area contributed by atoms with Gasteiger partial charge in [0.1, 0.15) is 0 Å². The lowest BCUT2D eigenvalue weighted by Gasteiger charge is -1.98. The van der Waals surface area contributed by atoms with Crippen molar-refractivity contribution < 1.29 is 0 Å². The molecule has 0 heteroatoms. The molecule has 0 heterocycles. The first-order valence-electron chi connectivity index (χ1n) is 6.03. The van der Waals surface area contributed by atoms with E-state index in [1.807, 2.05) is 0 Å². The average molecular weight is 222 g/mol. The molecule has 17 heavy (non-hydrogen) atoms. The monoisotopic (exact) mass is 222 g/mol. The van der Waals surface area contributed by atoms with Gasteiger partial charge in [-0.05, 0) is 31.4 Å². The van der Waals surface area contributed by atoms with Gasteiger partial charge in [-0.15, -0.1) is 0 Å². The summed E-state index contributed by atoms with van der Waals surface area (Å²) < 4.78 is 0. The van der Waals surface area contributed by atoms with Crippen molar-refractivity contribution in [1.29, 1.82) is 0 Å². The Labute approximate surface area is 104 Å². The van der Waals surface area contributed by atoms with E-state index in [0.29, 0.717) is 0 Å². The fourth-order valence-corrected chi connectivity index (χ4v) is 1.73. The molecular weight excluding hydrogens is 204 g/mol. The molecule has 86 valence electrons. The highest BCUT2D eigenvalue weighted by molar-refractivity contribution is 5.50. The van der Waals surface area contributed by atoms with Crippen molar-refractivity contribution in [2.75, 3.05) is 0 Å². The summed E-state index contributed by atoms with van der Waals surface area (Å²) in [6, 6.07) is 17.3. The molecule has 0 N–H and O–H groups in total. The number of hydrogen-bond donors (Lipinski definition) is 0. The molecule has 2 aromatic rings. The second-order valence-electron chi connectivity index (χ2n) is 4.50. The van der Waals surface area contributed by atoms with Gasteiger partial charge in [0.25, 0.3) is 0 Å². The van der Waals surface area contributed by atoms with Crippen LogP contribution >= 0.6 is 0 Å². The average Bonchev–Trinajstić information content (AvgIpc) is 2.34. The van der Waals surface area contributed by atoms with Crippen LogP contribution in [0.2, 0.25) is 0 Å². The van der Waals surface area contributed by atoms with Crippen LogP contribution in [0.1, 0.15) is 22.3 Å². The molecule has 0 aromatic heterocycles. The Hall–Kier alpha value is -1.82. The van der Waals surface area contributed by atoms with E-state index in [1.165, 1.54) is 22.3 Å². The topological polar surface area (TPSA) is 0 Å². The Morgan fingerprint density at radius 3 is 1.88 bits per heavy atom. The van der Waals surface area contributed by atoms with E-state index in [1.54, 1.807) is 0 Å². The van der Waals surface area contributed by atoms with Crippen molar-refractivity contribution in [1.82, 2.24) is 0 Å². The molecule has 0 amide bonds. The van der Waals surface area contributed by atoms with E-state index in [4.69, 9.17) is 0 Å². The SMILES string of the molecule is Cc1ccc(C=CCc2ccc(C)cc2)cc1. The van der Waals surface area contributed by atoms with Crippen LogP contribution in [-0.2, 0) is 6.42 Å². The molecule has 2 rings (SSSR count). The first-order chi connectivity index (χ1) is 8.24. The maximum atomic E-state index is 2.22. The second kappa shape index (κ2) is 5.49. The van der Waals surface area contributed by atoms with Crippen LogP contribution in [-0.4, -0.2) is 0 Å². The van der Waals surface area contributed by atoms with Gasteiger partial charge < -0.3 is 0 Å². The summed E-state index contributed by atoms with van der Waals surface area (Å²) >= 11 is 0. The molecule has 0 aliphatic heterocycles. The minimum Gasteiger partial charge on any atom is -0.0795 e. The van der Waals surface area contributed by atoms with Crippen LogP contribution in [0.4, 0.5) is 0 Å². The van der Waals surface area contributed by atoms with Crippen molar-refractivity contribution in [2.24, 2.45) is 0 Å². The molecule has 0 spiro atoms. The maximum Gasteiger partial charge on any atom is -0.00941 e. The molecule has 0 unspecified atom stereocenters. The summed E-state index contributed by atoms with van der Waals surface area (Å²) in [5, 5.41) is 0. The van der Waals surface area contributed by atoms with Crippen LogP contribution < -0.4 is 0 Å². The molecule has 0 nitrogen and oxygen atoms in total. The summed E-state index contributed by atoms with van der Waals surface area (Å²) in [6.45, 7) is 4.23. The Balaban J connectivity index is 1.97. The summed E-state index contributed by atoms with van der Waals surface area (Å²) in [5.74, 6) is 0. The third-order valence-electron chi connectivity index (χ3n) is 2.86. The van der Waals surface area contributed by atoms with Gasteiger partial charge in [0, 0.05) is 0 Å². The Morgan fingerprint density at radius 1 is 0.765 bits per heavy atom. The third-order valence-corrected chi connectivity index (χ3v) is 2.86. The largest absolute Gasteiger partial charge is 0.0795 e. The first kappa shape index (κ1) is 11.7. The Morgan fingerprint density at radius 2 is 1.29 bits per heavy atom. The standard InChI is InChI=1S/C17H18/c1-14-6-10-16(11-7-14)4-3-5-17-12-8-15(2)9-13-17/h3-4,6-13H,5H2,1-2H3. The van der Waals surface area contributed by atoms with Gasteiger partial charge in [0.2, 0.25) is 0 Å². The second-order valence-corrected chi connectivity index (χ2v) is 4.50. The van der Waals surface area contributed by atoms with Gasteiger partial charge in [-0.3, -0.25) is 0 Å². The highest BCUT2D eigenvalue weighted by atomic mass is 14.0. The molecule has 0 aliphatic rings. The van der Waals surface area contributed by atoms with Gasteiger partial charge in [-0.25, -0.2) is 0 Å². The zero-order valence-electron chi connectivity index (χ0n) is 10.5. The van der Waals surface area contributed by atoms with Crippen LogP contribution in [0.3, 0.4) is 0 Å². The lowest BCUT2D eigenvalue weighted by atomic mass is 10.1. The highest BCUT2D eigenvalue weighted by Gasteiger charge is 1.90.